The average molecular weight is 378 g/mol. The Bertz CT molecular complexity index is 790. The van der Waals surface area contributed by atoms with Gasteiger partial charge in [-0.1, -0.05) is 19.8 Å². The van der Waals surface area contributed by atoms with Crippen molar-refractivity contribution >= 4 is 19.7 Å². The Morgan fingerprint density at radius 2 is 1.96 bits per heavy atom. The second kappa shape index (κ2) is 7.49. The molecule has 136 valence electrons. The summed E-state index contributed by atoms with van der Waals surface area (Å²) in [6, 6.07) is 2.96. The van der Waals surface area contributed by atoms with Gasteiger partial charge in [-0.3, -0.25) is 0 Å². The maximum absolute atomic E-state index is 13.4. The second-order valence-corrected chi connectivity index (χ2v) is 10.7. The summed E-state index contributed by atoms with van der Waals surface area (Å²) < 4.78 is 63.1. The lowest BCUT2D eigenvalue weighted by Crippen LogP contribution is -2.43. The van der Waals surface area contributed by atoms with Crippen molar-refractivity contribution in [3.8, 4) is 0 Å². The Kier molecular flexibility index (Phi) is 6.04. The molecule has 8 heteroatoms. The van der Waals surface area contributed by atoms with Crippen molar-refractivity contribution in [3.05, 3.63) is 29.6 Å². The van der Waals surface area contributed by atoms with Crippen LogP contribution in [0.1, 0.15) is 31.7 Å². The molecule has 2 atom stereocenters. The van der Waals surface area contributed by atoms with Crippen LogP contribution in [-0.2, 0) is 19.7 Å². The molecule has 0 radical (unpaired) electrons. The summed E-state index contributed by atoms with van der Waals surface area (Å²) in [6.07, 6.45) is 2.90. The predicted octanol–water partition coefficient (Wildman–Crippen LogP) is 1.85. The minimum Gasteiger partial charge on any atom is -0.312 e. The first-order chi connectivity index (χ1) is 11.2. The minimum absolute atomic E-state index is 0.0242. The third-order valence-electron chi connectivity index (χ3n) is 4.34. The van der Waals surface area contributed by atoms with Gasteiger partial charge in [0.05, 0.1) is 21.7 Å². The largest absolute Gasteiger partial charge is 0.312 e. The van der Waals surface area contributed by atoms with Crippen molar-refractivity contribution in [3.63, 3.8) is 0 Å². The van der Waals surface area contributed by atoms with E-state index < -0.39 is 42.5 Å². The lowest BCUT2D eigenvalue weighted by molar-refractivity contribution is 0.512. The number of aryl methyl sites for hydroxylation is 1. The summed E-state index contributed by atoms with van der Waals surface area (Å²) in [6.45, 7) is 4.13. The Labute approximate surface area is 143 Å². The van der Waals surface area contributed by atoms with E-state index in [0.29, 0.717) is 6.54 Å². The molecule has 1 aliphatic heterocycles. The van der Waals surface area contributed by atoms with E-state index in [-0.39, 0.29) is 16.2 Å². The smallest absolute Gasteiger partial charge is 0.183 e. The van der Waals surface area contributed by atoms with Crippen LogP contribution in [0.15, 0.2) is 23.1 Å². The first-order valence-corrected chi connectivity index (χ1v) is 11.5. The second-order valence-electron chi connectivity index (χ2n) is 6.34. The molecule has 0 spiro atoms. The minimum atomic E-state index is -3.85. The molecule has 1 aromatic rings. The zero-order valence-corrected chi connectivity index (χ0v) is 15.6. The highest BCUT2D eigenvalue weighted by atomic mass is 32.2. The van der Waals surface area contributed by atoms with E-state index in [0.717, 1.165) is 25.3 Å². The first kappa shape index (κ1) is 19.3. The summed E-state index contributed by atoms with van der Waals surface area (Å²) >= 11 is 0. The van der Waals surface area contributed by atoms with Crippen molar-refractivity contribution in [1.82, 2.24) is 5.32 Å². The van der Waals surface area contributed by atoms with E-state index in [1.807, 2.05) is 0 Å². The van der Waals surface area contributed by atoms with Crippen LogP contribution >= 0.6 is 0 Å². The van der Waals surface area contributed by atoms with E-state index in [2.05, 4.69) is 12.2 Å². The number of nitrogens with one attached hydrogen (secondary N) is 1. The van der Waals surface area contributed by atoms with Crippen LogP contribution in [0.3, 0.4) is 0 Å². The van der Waals surface area contributed by atoms with Gasteiger partial charge >= 0.3 is 0 Å². The van der Waals surface area contributed by atoms with Crippen molar-refractivity contribution in [2.75, 3.05) is 18.1 Å². The molecule has 1 N–H and O–H groups in total. The zero-order chi connectivity index (χ0) is 18.0. The van der Waals surface area contributed by atoms with E-state index in [9.17, 15) is 21.2 Å². The number of hydrogen-bond acceptors (Lipinski definition) is 5. The normalized spacial score (nSPS) is 23.5. The maximum atomic E-state index is 13.4. The van der Waals surface area contributed by atoms with Crippen LogP contribution in [0, 0.1) is 12.7 Å². The summed E-state index contributed by atoms with van der Waals surface area (Å²) in [5, 5.41) is 2.06. The van der Waals surface area contributed by atoms with Gasteiger partial charge < -0.3 is 5.32 Å². The number of halogens is 1. The highest BCUT2D eigenvalue weighted by molar-refractivity contribution is 7.96. The SMILES string of the molecule is CCCCCNC1CS(=O)(=O)CC1S(=O)(=O)c1ccc(F)c(C)c1. The molecule has 1 aromatic carbocycles. The van der Waals surface area contributed by atoms with E-state index in [1.54, 1.807) is 0 Å². The monoisotopic (exact) mass is 377 g/mol. The molecule has 24 heavy (non-hydrogen) atoms. The van der Waals surface area contributed by atoms with E-state index in [4.69, 9.17) is 0 Å². The fourth-order valence-electron chi connectivity index (χ4n) is 2.94. The number of benzene rings is 1. The molecule has 0 amide bonds. The van der Waals surface area contributed by atoms with Gasteiger partial charge in [0.2, 0.25) is 0 Å². The summed E-state index contributed by atoms with van der Waals surface area (Å²) in [5.41, 5.74) is 0.226. The number of rotatable bonds is 7. The Hall–Kier alpha value is -0.990. The molecule has 1 saturated heterocycles. The van der Waals surface area contributed by atoms with Crippen LogP contribution in [0.4, 0.5) is 4.39 Å². The van der Waals surface area contributed by atoms with E-state index >= 15 is 0 Å². The lowest BCUT2D eigenvalue weighted by Gasteiger charge is -2.20. The third kappa shape index (κ3) is 4.34. The highest BCUT2D eigenvalue weighted by Gasteiger charge is 2.45. The quantitative estimate of drug-likeness (QED) is 0.579. The maximum Gasteiger partial charge on any atom is 0.183 e. The molecule has 2 unspecified atom stereocenters. The summed E-state index contributed by atoms with van der Waals surface area (Å²) in [5.74, 6) is -1.05. The van der Waals surface area contributed by atoms with Crippen molar-refractivity contribution in [1.29, 1.82) is 0 Å². The van der Waals surface area contributed by atoms with Crippen molar-refractivity contribution in [2.45, 2.75) is 49.3 Å². The first-order valence-electron chi connectivity index (χ1n) is 8.11. The van der Waals surface area contributed by atoms with Gasteiger partial charge in [-0.2, -0.15) is 0 Å². The molecule has 0 saturated carbocycles. The Balaban J connectivity index is 2.26. The Morgan fingerprint density at radius 3 is 2.58 bits per heavy atom. The molecular formula is C16H24FNO4S2. The molecule has 0 aliphatic carbocycles. The molecular weight excluding hydrogens is 353 g/mol. The third-order valence-corrected chi connectivity index (χ3v) is 8.49. The zero-order valence-electron chi connectivity index (χ0n) is 14.0. The van der Waals surface area contributed by atoms with Crippen LogP contribution in [0.25, 0.3) is 0 Å². The van der Waals surface area contributed by atoms with Gasteiger partial charge in [0.1, 0.15) is 5.82 Å². The lowest BCUT2D eigenvalue weighted by atomic mass is 10.2. The molecule has 5 nitrogen and oxygen atoms in total. The Morgan fingerprint density at radius 1 is 1.25 bits per heavy atom. The van der Waals surface area contributed by atoms with Gasteiger partial charge in [0.15, 0.2) is 19.7 Å². The van der Waals surface area contributed by atoms with Crippen molar-refractivity contribution < 1.29 is 21.2 Å². The van der Waals surface area contributed by atoms with Gasteiger partial charge in [0, 0.05) is 6.04 Å². The number of hydrogen-bond donors (Lipinski definition) is 1. The standard InChI is InChI=1S/C16H24FNO4S2/c1-3-4-5-8-18-15-10-23(19,20)11-16(15)24(21,22)13-6-7-14(17)12(2)9-13/h6-7,9,15-16,18H,3-5,8,10-11H2,1-2H3. The van der Waals surface area contributed by atoms with Crippen LogP contribution in [0.5, 0.6) is 0 Å². The van der Waals surface area contributed by atoms with Gasteiger partial charge in [-0.25, -0.2) is 21.2 Å². The molecule has 1 fully saturated rings. The predicted molar refractivity (Wildman–Crippen MR) is 92.1 cm³/mol. The highest BCUT2D eigenvalue weighted by Crippen LogP contribution is 2.27. The molecule has 0 aromatic heterocycles. The van der Waals surface area contributed by atoms with E-state index in [1.165, 1.54) is 19.1 Å². The van der Waals surface area contributed by atoms with Crippen molar-refractivity contribution in [2.24, 2.45) is 0 Å². The van der Waals surface area contributed by atoms with Crippen LogP contribution in [0.2, 0.25) is 0 Å². The topological polar surface area (TPSA) is 80.3 Å². The van der Waals surface area contributed by atoms with Crippen LogP contribution < -0.4 is 5.32 Å². The fourth-order valence-corrected chi connectivity index (χ4v) is 7.74. The van der Waals surface area contributed by atoms with Gasteiger partial charge in [-0.05, 0) is 43.7 Å². The molecule has 2 rings (SSSR count). The number of sulfone groups is 2. The molecule has 1 heterocycles. The van der Waals surface area contributed by atoms with Gasteiger partial charge in [-0.15, -0.1) is 0 Å². The molecule has 1 aliphatic rings. The summed E-state index contributed by atoms with van der Waals surface area (Å²) in [7, 11) is -7.26. The fraction of sp³-hybridized carbons (Fsp3) is 0.625. The van der Waals surface area contributed by atoms with Gasteiger partial charge in [0.25, 0.3) is 0 Å². The van der Waals surface area contributed by atoms with Crippen LogP contribution in [-0.4, -0.2) is 46.2 Å². The number of unbranched alkanes of at least 4 members (excludes halogenated alkanes) is 2. The summed E-state index contributed by atoms with van der Waals surface area (Å²) in [4.78, 5) is -0.0242. The molecule has 0 bridgehead atoms. The average Bonchev–Trinajstić information content (AvgIpc) is 2.82.